The highest BCUT2D eigenvalue weighted by Gasteiger charge is 2.50. The van der Waals surface area contributed by atoms with Gasteiger partial charge in [-0.25, -0.2) is 0 Å². The van der Waals surface area contributed by atoms with Gasteiger partial charge in [0.1, 0.15) is 76.4 Å². The fourth-order valence-corrected chi connectivity index (χ4v) is 5.01. The molecule has 0 amide bonds. The fraction of sp³-hybridized carbons (Fsp3) is 0.464. The molecule has 0 saturated carbocycles. The van der Waals surface area contributed by atoms with Crippen molar-refractivity contribution < 1.29 is 69.0 Å². The molecule has 1 unspecified atom stereocenters. The topological polar surface area (TPSA) is 238 Å². The number of fused-ring (bicyclic) bond motifs is 1. The van der Waals surface area contributed by atoms with Crippen LogP contribution in [0.2, 0.25) is 0 Å². The predicted molar refractivity (Wildman–Crippen MR) is 143 cm³/mol. The van der Waals surface area contributed by atoms with E-state index < -0.39 is 79.2 Å². The van der Waals surface area contributed by atoms with Gasteiger partial charge in [0, 0.05) is 29.8 Å². The van der Waals surface area contributed by atoms with Crippen molar-refractivity contribution in [2.45, 2.75) is 68.3 Å². The first-order chi connectivity index (χ1) is 20.4. The van der Waals surface area contributed by atoms with Gasteiger partial charge in [-0.05, 0) is 19.1 Å². The molecule has 0 radical (unpaired) electrons. The molecular formula is C28H32O15. The average molecular weight is 609 g/mol. The van der Waals surface area contributed by atoms with Crippen LogP contribution in [0, 0.1) is 0 Å². The van der Waals surface area contributed by atoms with E-state index in [2.05, 4.69) is 0 Å². The molecule has 43 heavy (non-hydrogen) atoms. The second-order valence-corrected chi connectivity index (χ2v) is 10.3. The maximum atomic E-state index is 12.9. The molecule has 2 aliphatic heterocycles. The summed E-state index contributed by atoms with van der Waals surface area (Å²) in [6, 6.07) is 7.63. The van der Waals surface area contributed by atoms with Crippen LogP contribution < -0.4 is 14.9 Å². The summed E-state index contributed by atoms with van der Waals surface area (Å²) in [5, 5.41) is 82.1. The number of aliphatic hydroxyl groups excluding tert-OH is 6. The van der Waals surface area contributed by atoms with Crippen molar-refractivity contribution in [1.29, 1.82) is 0 Å². The Kier molecular flexibility index (Phi) is 8.80. The van der Waals surface area contributed by atoms with Crippen molar-refractivity contribution in [1.82, 2.24) is 0 Å². The summed E-state index contributed by atoms with van der Waals surface area (Å²) in [6.07, 6.45) is -15.5. The molecule has 3 aromatic rings. The van der Waals surface area contributed by atoms with E-state index in [1.165, 1.54) is 38.3 Å². The van der Waals surface area contributed by atoms with Crippen molar-refractivity contribution in [2.75, 3.05) is 13.7 Å². The number of aliphatic hydroxyl groups is 6. The molecule has 0 bridgehead atoms. The van der Waals surface area contributed by atoms with Gasteiger partial charge in [0.15, 0.2) is 17.8 Å². The standard InChI is InChI=1S/C28H32O15/c1-10-21(33)23(35)25(37)27(39-10)43-26-24(36)22(34)19(9-29)42-28(26)40-14-6-15(31)20-16(32)8-17(41-18(20)7-14)11-3-12(30)5-13(4-11)38-2/h3-8,10,19,21-31,33-37H,9H2,1-2H3/t10-,19+,21-,22+,23+,24-,25+,26+,27-,28?/m0/s1. The fourth-order valence-electron chi connectivity index (χ4n) is 5.01. The maximum Gasteiger partial charge on any atom is 0.229 e. The summed E-state index contributed by atoms with van der Waals surface area (Å²) in [6.45, 7) is 0.686. The van der Waals surface area contributed by atoms with E-state index in [1.807, 2.05) is 0 Å². The van der Waals surface area contributed by atoms with Gasteiger partial charge < -0.3 is 69.0 Å². The van der Waals surface area contributed by atoms with Crippen molar-refractivity contribution in [3.8, 4) is 34.3 Å². The molecule has 15 heteroatoms. The average Bonchev–Trinajstić information content (AvgIpc) is 2.97. The maximum absolute atomic E-state index is 12.9. The summed E-state index contributed by atoms with van der Waals surface area (Å²) in [7, 11) is 1.39. The second-order valence-electron chi connectivity index (χ2n) is 10.3. The molecule has 8 N–H and O–H groups in total. The molecular weight excluding hydrogens is 576 g/mol. The Labute approximate surface area is 243 Å². The Morgan fingerprint density at radius 3 is 2.26 bits per heavy atom. The molecule has 1 aromatic heterocycles. The van der Waals surface area contributed by atoms with Crippen LogP contribution in [0.25, 0.3) is 22.3 Å². The van der Waals surface area contributed by atoms with Crippen molar-refractivity contribution >= 4 is 11.0 Å². The largest absolute Gasteiger partial charge is 0.508 e. The SMILES string of the molecule is COc1cc(O)cc(-c2cc(=O)c3c(O)cc(OC4O[C@H](CO)[C@@H](O)[C@H](O)[C@H]4O[C@@H]4O[C@@H](C)[C@H](O)[C@@H](O)[C@H]4O)cc3o2)c1. The summed E-state index contributed by atoms with van der Waals surface area (Å²) in [5.74, 6) is -0.533. The number of ether oxygens (including phenoxy) is 5. The van der Waals surface area contributed by atoms with Gasteiger partial charge in [-0.1, -0.05) is 0 Å². The zero-order valence-corrected chi connectivity index (χ0v) is 22.9. The van der Waals surface area contributed by atoms with Crippen LogP contribution in [0.5, 0.6) is 23.0 Å². The molecule has 2 aliphatic rings. The lowest BCUT2D eigenvalue weighted by Crippen LogP contribution is -2.64. The van der Waals surface area contributed by atoms with E-state index in [0.29, 0.717) is 11.3 Å². The Morgan fingerprint density at radius 1 is 0.814 bits per heavy atom. The summed E-state index contributed by atoms with van der Waals surface area (Å²) < 4.78 is 33.6. The highest BCUT2D eigenvalue weighted by molar-refractivity contribution is 5.86. The molecule has 0 spiro atoms. The van der Waals surface area contributed by atoms with Crippen LogP contribution >= 0.6 is 0 Å². The van der Waals surface area contributed by atoms with Gasteiger partial charge in [0.25, 0.3) is 0 Å². The zero-order chi connectivity index (χ0) is 31.2. The molecule has 5 rings (SSSR count). The number of phenols is 2. The number of rotatable bonds is 7. The molecule has 2 saturated heterocycles. The quantitative estimate of drug-likeness (QED) is 0.159. The predicted octanol–water partition coefficient (Wildman–Crippen LogP) is -1.09. The Balaban J connectivity index is 1.49. The number of hydrogen-bond donors (Lipinski definition) is 8. The third-order valence-electron chi connectivity index (χ3n) is 7.37. The lowest BCUT2D eigenvalue weighted by atomic mass is 9.97. The van der Waals surface area contributed by atoms with Crippen molar-refractivity contribution in [2.24, 2.45) is 0 Å². The molecule has 0 aliphatic carbocycles. The Bertz CT molecular complexity index is 1510. The van der Waals surface area contributed by atoms with Crippen LogP contribution in [-0.4, -0.2) is 116 Å². The number of benzene rings is 2. The smallest absolute Gasteiger partial charge is 0.229 e. The third-order valence-corrected chi connectivity index (χ3v) is 7.37. The van der Waals surface area contributed by atoms with Crippen molar-refractivity contribution in [3.05, 3.63) is 46.6 Å². The van der Waals surface area contributed by atoms with Crippen LogP contribution in [0.3, 0.4) is 0 Å². The summed E-state index contributed by atoms with van der Waals surface area (Å²) in [4.78, 5) is 12.9. The first-order valence-electron chi connectivity index (χ1n) is 13.2. The number of aromatic hydroxyl groups is 2. The highest BCUT2D eigenvalue weighted by atomic mass is 16.8. The van der Waals surface area contributed by atoms with Crippen molar-refractivity contribution in [3.63, 3.8) is 0 Å². The summed E-state index contributed by atoms with van der Waals surface area (Å²) in [5.41, 5.74) is -0.458. The van der Waals surface area contributed by atoms with E-state index in [1.54, 1.807) is 0 Å². The van der Waals surface area contributed by atoms with Gasteiger partial charge in [-0.2, -0.15) is 0 Å². The highest BCUT2D eigenvalue weighted by Crippen LogP contribution is 2.36. The van der Waals surface area contributed by atoms with E-state index >= 15 is 0 Å². The van der Waals surface area contributed by atoms with Gasteiger partial charge in [0.05, 0.1) is 19.8 Å². The van der Waals surface area contributed by atoms with Gasteiger partial charge in [-0.15, -0.1) is 0 Å². The van der Waals surface area contributed by atoms with Gasteiger partial charge >= 0.3 is 0 Å². The third kappa shape index (κ3) is 5.99. The van der Waals surface area contributed by atoms with Crippen LogP contribution in [0.15, 0.2) is 45.6 Å². The molecule has 10 atom stereocenters. The number of phenolic OH excluding ortho intramolecular Hbond substituents is 2. The van der Waals surface area contributed by atoms with E-state index in [0.717, 1.165) is 12.1 Å². The second kappa shape index (κ2) is 12.2. The normalized spacial score (nSPS) is 32.9. The minimum atomic E-state index is -1.77. The van der Waals surface area contributed by atoms with Crippen LogP contribution in [0.4, 0.5) is 0 Å². The first kappa shape index (κ1) is 30.9. The Hall–Kier alpha value is -3.51. The molecule has 234 valence electrons. The first-order valence-corrected chi connectivity index (χ1v) is 13.2. The number of methoxy groups -OCH3 is 1. The summed E-state index contributed by atoms with van der Waals surface area (Å²) >= 11 is 0. The molecule has 3 heterocycles. The van der Waals surface area contributed by atoms with E-state index in [9.17, 15) is 45.6 Å². The Morgan fingerprint density at radius 2 is 1.56 bits per heavy atom. The lowest BCUT2D eigenvalue weighted by Gasteiger charge is -2.45. The van der Waals surface area contributed by atoms with Gasteiger partial charge in [-0.3, -0.25) is 4.79 Å². The van der Waals surface area contributed by atoms with Crippen LogP contribution in [0.1, 0.15) is 6.92 Å². The monoisotopic (exact) mass is 608 g/mol. The molecule has 2 aromatic carbocycles. The van der Waals surface area contributed by atoms with E-state index in [-0.39, 0.29) is 28.2 Å². The molecule has 2 fully saturated rings. The minimum Gasteiger partial charge on any atom is -0.508 e. The lowest BCUT2D eigenvalue weighted by molar-refractivity contribution is -0.354. The van der Waals surface area contributed by atoms with Gasteiger partial charge in [0.2, 0.25) is 6.29 Å². The minimum absolute atomic E-state index is 0.0237. The van der Waals surface area contributed by atoms with E-state index in [4.69, 9.17) is 28.1 Å². The van der Waals surface area contributed by atoms with Crippen LogP contribution in [-0.2, 0) is 14.2 Å². The number of hydrogen-bond acceptors (Lipinski definition) is 15. The molecule has 15 nitrogen and oxygen atoms in total. The zero-order valence-electron chi connectivity index (χ0n) is 22.9.